The van der Waals surface area contributed by atoms with E-state index in [4.69, 9.17) is 24.5 Å². The Morgan fingerprint density at radius 2 is 1.79 bits per heavy atom. The summed E-state index contributed by atoms with van der Waals surface area (Å²) in [4.78, 5) is 37.8. The van der Waals surface area contributed by atoms with Gasteiger partial charge in [-0.2, -0.15) is 4.98 Å². The zero-order chi connectivity index (χ0) is 26.9. The van der Waals surface area contributed by atoms with E-state index in [0.717, 1.165) is 30.4 Å². The van der Waals surface area contributed by atoms with Crippen LogP contribution in [0.25, 0.3) is 26.9 Å². The summed E-state index contributed by atoms with van der Waals surface area (Å²) in [6.07, 6.45) is 10.4. The van der Waals surface area contributed by atoms with Gasteiger partial charge in [-0.15, -0.1) is 0 Å². The van der Waals surface area contributed by atoms with E-state index < -0.39 is 5.97 Å². The summed E-state index contributed by atoms with van der Waals surface area (Å²) in [5.74, 6) is -0.996. The highest BCUT2D eigenvalue weighted by molar-refractivity contribution is 7.20. The Hall–Kier alpha value is -3.61. The average molecular weight is 561 g/mol. The standard InChI is InChI=1S/C12H14N4O3S.C12H14N2O3S/c1-2-18-11(17)10(15-16-13)6-9-7-14-12(20-9)19-8-4-3-5-8;1-2-16-11(15)8-6-9-10(13-8)14-12(18-9)17-7-4-3-5-7/h6-8H,2-5H2,1H3;6-7,13H,2-5H2,1H3/b10-6-;. The molecular weight excluding hydrogens is 532 g/mol. The maximum Gasteiger partial charge on any atom is 0.354 e. The first-order valence-corrected chi connectivity index (χ1v) is 14.0. The van der Waals surface area contributed by atoms with Crippen LogP contribution in [0.4, 0.5) is 0 Å². The van der Waals surface area contributed by atoms with Crippen LogP contribution in [0, 0.1) is 0 Å². The van der Waals surface area contributed by atoms with Crippen molar-refractivity contribution in [2.24, 2.45) is 5.11 Å². The van der Waals surface area contributed by atoms with Crippen LogP contribution >= 0.6 is 22.7 Å². The molecule has 3 aromatic rings. The van der Waals surface area contributed by atoms with Crippen molar-refractivity contribution in [2.45, 2.75) is 64.6 Å². The van der Waals surface area contributed by atoms with E-state index in [0.29, 0.717) is 39.3 Å². The minimum absolute atomic E-state index is 0.0896. The lowest BCUT2D eigenvalue weighted by atomic mass is 9.96. The van der Waals surface area contributed by atoms with E-state index in [9.17, 15) is 9.59 Å². The minimum Gasteiger partial charge on any atom is -0.467 e. The number of azide groups is 1. The second kappa shape index (κ2) is 13.3. The number of rotatable bonds is 10. The smallest absolute Gasteiger partial charge is 0.354 e. The predicted molar refractivity (Wildman–Crippen MR) is 142 cm³/mol. The van der Waals surface area contributed by atoms with Crippen molar-refractivity contribution in [1.82, 2.24) is 15.0 Å². The number of fused-ring (bicyclic) bond motifs is 1. The van der Waals surface area contributed by atoms with Crippen LogP contribution in [-0.2, 0) is 14.3 Å². The van der Waals surface area contributed by atoms with E-state index in [1.165, 1.54) is 41.6 Å². The fourth-order valence-corrected chi connectivity index (χ4v) is 4.98. The van der Waals surface area contributed by atoms with Gasteiger partial charge >= 0.3 is 11.9 Å². The van der Waals surface area contributed by atoms with Crippen molar-refractivity contribution < 1.29 is 28.5 Å². The molecule has 0 bridgehead atoms. The number of aromatic nitrogens is 3. The topological polar surface area (TPSA) is 161 Å². The van der Waals surface area contributed by atoms with Crippen molar-refractivity contribution in [3.8, 4) is 10.4 Å². The van der Waals surface area contributed by atoms with Gasteiger partial charge in [0.1, 0.15) is 23.6 Å². The molecule has 0 unspecified atom stereocenters. The maximum absolute atomic E-state index is 11.6. The van der Waals surface area contributed by atoms with Gasteiger partial charge in [0.05, 0.1) is 22.8 Å². The molecule has 0 saturated heterocycles. The number of carbonyl (C=O) groups is 2. The molecule has 38 heavy (non-hydrogen) atoms. The molecule has 0 spiro atoms. The number of hydrogen-bond donors (Lipinski definition) is 1. The molecule has 0 amide bonds. The Kier molecular flexibility index (Phi) is 9.57. The Balaban J connectivity index is 0.000000178. The van der Waals surface area contributed by atoms with Gasteiger partial charge in [0.15, 0.2) is 5.65 Å². The van der Waals surface area contributed by atoms with Crippen molar-refractivity contribution in [3.05, 3.63) is 39.0 Å². The van der Waals surface area contributed by atoms with E-state index in [2.05, 4.69) is 25.0 Å². The third-order valence-electron chi connectivity index (χ3n) is 5.72. The second-order valence-corrected chi connectivity index (χ2v) is 10.4. The Labute approximate surface area is 226 Å². The van der Waals surface area contributed by atoms with Gasteiger partial charge in [-0.3, -0.25) is 0 Å². The molecular formula is C24H28N6O6S2. The summed E-state index contributed by atoms with van der Waals surface area (Å²) < 4.78 is 22.0. The number of aromatic amines is 1. The van der Waals surface area contributed by atoms with Crippen LogP contribution in [0.3, 0.4) is 0 Å². The molecule has 2 aliphatic carbocycles. The van der Waals surface area contributed by atoms with Crippen molar-refractivity contribution in [3.63, 3.8) is 0 Å². The number of hydrogen-bond acceptors (Lipinski definition) is 11. The molecule has 3 heterocycles. The van der Waals surface area contributed by atoms with Gasteiger partial charge in [0.25, 0.3) is 10.4 Å². The van der Waals surface area contributed by atoms with Crippen molar-refractivity contribution >= 4 is 51.0 Å². The van der Waals surface area contributed by atoms with E-state index in [1.54, 1.807) is 26.1 Å². The number of thiazole rings is 2. The molecule has 0 atom stereocenters. The first-order valence-electron chi connectivity index (χ1n) is 12.4. The molecule has 12 nitrogen and oxygen atoms in total. The molecule has 2 fully saturated rings. The Bertz CT molecular complexity index is 1300. The van der Waals surface area contributed by atoms with E-state index in [1.807, 2.05) is 0 Å². The second-order valence-electron chi connectivity index (χ2n) is 8.41. The summed E-state index contributed by atoms with van der Waals surface area (Å²) in [5.41, 5.74) is 9.52. The lowest BCUT2D eigenvalue weighted by molar-refractivity contribution is -0.138. The summed E-state index contributed by atoms with van der Waals surface area (Å²) in [6.45, 7) is 4.06. The molecule has 3 aromatic heterocycles. The van der Waals surface area contributed by atoms with Crippen molar-refractivity contribution in [2.75, 3.05) is 13.2 Å². The largest absolute Gasteiger partial charge is 0.467 e. The summed E-state index contributed by atoms with van der Waals surface area (Å²) in [5, 5.41) is 4.58. The highest BCUT2D eigenvalue weighted by Gasteiger charge is 2.22. The summed E-state index contributed by atoms with van der Waals surface area (Å²) >= 11 is 2.76. The Morgan fingerprint density at radius 3 is 2.37 bits per heavy atom. The van der Waals surface area contributed by atoms with Gasteiger partial charge in [-0.25, -0.2) is 14.6 Å². The fourth-order valence-electron chi connectivity index (χ4n) is 3.33. The van der Waals surface area contributed by atoms with Crippen LogP contribution in [0.15, 0.2) is 23.1 Å². The average Bonchev–Trinajstić information content (AvgIpc) is 3.54. The van der Waals surface area contributed by atoms with E-state index in [-0.39, 0.29) is 24.4 Å². The molecule has 5 rings (SSSR count). The number of H-pyrrole nitrogens is 1. The van der Waals surface area contributed by atoms with Crippen LogP contribution in [0.2, 0.25) is 0 Å². The van der Waals surface area contributed by atoms with Crippen molar-refractivity contribution in [1.29, 1.82) is 0 Å². The first-order chi connectivity index (χ1) is 18.5. The van der Waals surface area contributed by atoms with Gasteiger partial charge in [-0.05, 0) is 70.0 Å². The molecule has 202 valence electrons. The molecule has 14 heteroatoms. The molecule has 0 aromatic carbocycles. The number of esters is 2. The molecule has 2 saturated carbocycles. The monoisotopic (exact) mass is 560 g/mol. The van der Waals surface area contributed by atoms with E-state index >= 15 is 0 Å². The van der Waals surface area contributed by atoms with Gasteiger partial charge in [0.2, 0.25) is 0 Å². The summed E-state index contributed by atoms with van der Waals surface area (Å²) in [7, 11) is 0. The highest BCUT2D eigenvalue weighted by Crippen LogP contribution is 2.32. The first kappa shape index (κ1) is 27.4. The van der Waals surface area contributed by atoms with Gasteiger partial charge in [-0.1, -0.05) is 27.8 Å². The fraction of sp³-hybridized carbons (Fsp3) is 0.500. The zero-order valence-electron chi connectivity index (χ0n) is 21.0. The number of carbonyl (C=O) groups excluding carboxylic acids is 2. The normalized spacial score (nSPS) is 15.4. The van der Waals surface area contributed by atoms with Gasteiger partial charge in [0, 0.05) is 11.1 Å². The van der Waals surface area contributed by atoms with Crippen LogP contribution < -0.4 is 9.47 Å². The quantitative estimate of drug-likeness (QED) is 0.103. The highest BCUT2D eigenvalue weighted by atomic mass is 32.1. The van der Waals surface area contributed by atoms with Crippen LogP contribution in [-0.4, -0.2) is 52.3 Å². The SMILES string of the molecule is CCOC(=O)/C(=C/c1cnc(OC2CCC2)s1)N=[N+]=[N-].CCOC(=O)c1cc2sc(OC3CCC3)nc2[nH]1. The molecule has 0 aliphatic heterocycles. The molecule has 2 aliphatic rings. The number of ether oxygens (including phenoxy) is 4. The van der Waals surface area contributed by atoms with Crippen LogP contribution in [0.1, 0.15) is 67.7 Å². The third-order valence-corrected chi connectivity index (χ3v) is 7.44. The lowest BCUT2D eigenvalue weighted by Crippen LogP contribution is -2.24. The maximum atomic E-state index is 11.6. The molecule has 1 N–H and O–H groups in total. The van der Waals surface area contributed by atoms with Gasteiger partial charge < -0.3 is 23.9 Å². The minimum atomic E-state index is -0.653. The number of nitrogens with one attached hydrogen (secondary N) is 1. The summed E-state index contributed by atoms with van der Waals surface area (Å²) in [6, 6.07) is 1.76. The lowest BCUT2D eigenvalue weighted by Gasteiger charge is -2.24. The predicted octanol–water partition coefficient (Wildman–Crippen LogP) is 6.02. The van der Waals surface area contributed by atoms with Crippen LogP contribution in [0.5, 0.6) is 10.4 Å². The third kappa shape index (κ3) is 7.24. The Morgan fingerprint density at radius 1 is 1.11 bits per heavy atom. The zero-order valence-corrected chi connectivity index (χ0v) is 22.7. The molecule has 0 radical (unpaired) electrons. The number of nitrogens with zero attached hydrogens (tertiary/aromatic N) is 5.